The van der Waals surface area contributed by atoms with Gasteiger partial charge in [-0.1, -0.05) is 6.42 Å². The third kappa shape index (κ3) is 3.35. The minimum Gasteiger partial charge on any atom is -0.493 e. The smallest absolute Gasteiger partial charge is 0.227 e. The van der Waals surface area contributed by atoms with Crippen LogP contribution in [0.25, 0.3) is 0 Å². The van der Waals surface area contributed by atoms with E-state index in [2.05, 4.69) is 0 Å². The lowest BCUT2D eigenvalue weighted by Crippen LogP contribution is -2.39. The molecule has 0 saturated heterocycles. The molecule has 22 heavy (non-hydrogen) atoms. The number of amides is 1. The molecule has 0 bridgehead atoms. The summed E-state index contributed by atoms with van der Waals surface area (Å²) in [6.45, 7) is 2.56. The predicted octanol–water partition coefficient (Wildman–Crippen LogP) is 2.10. The molecule has 5 heteroatoms. The molecule has 1 amide bonds. The first-order valence-corrected chi connectivity index (χ1v) is 7.70. The number of hydrogen-bond donors (Lipinski definition) is 1. The SMILES string of the molecule is COc1cc(C)c(CN(C)C(=O)C2CCCC2N)cc1OC. The summed E-state index contributed by atoms with van der Waals surface area (Å²) in [4.78, 5) is 14.3. The van der Waals surface area contributed by atoms with Gasteiger partial charge in [-0.3, -0.25) is 4.79 Å². The standard InChI is InChI=1S/C17H26N2O3/c1-11-8-15(21-3)16(22-4)9-12(11)10-19(2)17(20)13-6-5-7-14(13)18/h8-9,13-14H,5-7,10,18H2,1-4H3. The molecule has 2 atom stereocenters. The number of carbonyl (C=O) groups is 1. The van der Waals surface area contributed by atoms with Crippen LogP contribution in [0, 0.1) is 12.8 Å². The number of carbonyl (C=O) groups excluding carboxylic acids is 1. The number of benzene rings is 1. The second kappa shape index (κ2) is 7.01. The fourth-order valence-corrected chi connectivity index (χ4v) is 3.10. The summed E-state index contributed by atoms with van der Waals surface area (Å²) in [5.41, 5.74) is 8.17. The summed E-state index contributed by atoms with van der Waals surface area (Å²) in [6.07, 6.45) is 2.88. The molecule has 1 aliphatic carbocycles. The van der Waals surface area contributed by atoms with Gasteiger partial charge in [0.15, 0.2) is 11.5 Å². The monoisotopic (exact) mass is 306 g/mol. The van der Waals surface area contributed by atoms with Crippen LogP contribution in [-0.4, -0.2) is 38.1 Å². The summed E-state index contributed by atoms with van der Waals surface area (Å²) in [5.74, 6) is 1.49. The Kier molecular flexibility index (Phi) is 5.29. The van der Waals surface area contributed by atoms with Crippen LogP contribution < -0.4 is 15.2 Å². The van der Waals surface area contributed by atoms with E-state index in [4.69, 9.17) is 15.2 Å². The molecule has 1 fully saturated rings. The second-order valence-corrected chi connectivity index (χ2v) is 6.03. The van der Waals surface area contributed by atoms with Crippen molar-refractivity contribution in [3.8, 4) is 11.5 Å². The van der Waals surface area contributed by atoms with E-state index < -0.39 is 0 Å². The van der Waals surface area contributed by atoms with Crippen LogP contribution in [0.4, 0.5) is 0 Å². The molecule has 0 heterocycles. The molecule has 2 unspecified atom stereocenters. The first kappa shape index (κ1) is 16.6. The lowest BCUT2D eigenvalue weighted by atomic mass is 10.0. The largest absolute Gasteiger partial charge is 0.493 e. The van der Waals surface area contributed by atoms with Crippen molar-refractivity contribution in [1.82, 2.24) is 4.90 Å². The number of nitrogens with two attached hydrogens (primary N) is 1. The highest BCUT2D eigenvalue weighted by molar-refractivity contribution is 5.79. The molecule has 0 aromatic heterocycles. The van der Waals surface area contributed by atoms with Gasteiger partial charge in [-0.25, -0.2) is 0 Å². The van der Waals surface area contributed by atoms with Gasteiger partial charge in [0, 0.05) is 19.6 Å². The topological polar surface area (TPSA) is 64.8 Å². The number of hydrogen-bond acceptors (Lipinski definition) is 4. The lowest BCUT2D eigenvalue weighted by Gasteiger charge is -2.24. The molecule has 2 N–H and O–H groups in total. The van der Waals surface area contributed by atoms with Crippen molar-refractivity contribution >= 4 is 5.91 Å². The molecule has 5 nitrogen and oxygen atoms in total. The third-order valence-corrected chi connectivity index (χ3v) is 4.51. The maximum absolute atomic E-state index is 12.5. The maximum Gasteiger partial charge on any atom is 0.227 e. The highest BCUT2D eigenvalue weighted by Crippen LogP contribution is 2.31. The Hall–Kier alpha value is -1.75. The summed E-state index contributed by atoms with van der Waals surface area (Å²) in [7, 11) is 5.07. The van der Waals surface area contributed by atoms with Crippen molar-refractivity contribution in [1.29, 1.82) is 0 Å². The van der Waals surface area contributed by atoms with E-state index >= 15 is 0 Å². The van der Waals surface area contributed by atoms with Crippen molar-refractivity contribution in [3.63, 3.8) is 0 Å². The number of rotatable bonds is 5. The van der Waals surface area contributed by atoms with Gasteiger partial charge in [0.05, 0.1) is 20.1 Å². The third-order valence-electron chi connectivity index (χ3n) is 4.51. The average Bonchev–Trinajstić information content (AvgIpc) is 2.93. The lowest BCUT2D eigenvalue weighted by molar-refractivity contribution is -0.134. The van der Waals surface area contributed by atoms with E-state index in [0.29, 0.717) is 18.0 Å². The van der Waals surface area contributed by atoms with E-state index in [1.807, 2.05) is 26.1 Å². The molecule has 122 valence electrons. The van der Waals surface area contributed by atoms with Crippen LogP contribution >= 0.6 is 0 Å². The number of ether oxygens (including phenoxy) is 2. The molecule has 0 aliphatic heterocycles. The fourth-order valence-electron chi connectivity index (χ4n) is 3.10. The Balaban J connectivity index is 2.14. The van der Waals surface area contributed by atoms with Crippen molar-refractivity contribution in [2.24, 2.45) is 11.7 Å². The zero-order valence-electron chi connectivity index (χ0n) is 13.9. The molecular weight excluding hydrogens is 280 g/mol. The van der Waals surface area contributed by atoms with Crippen molar-refractivity contribution in [3.05, 3.63) is 23.3 Å². The van der Waals surface area contributed by atoms with Crippen LogP contribution in [-0.2, 0) is 11.3 Å². The summed E-state index contributed by atoms with van der Waals surface area (Å²) < 4.78 is 10.6. The second-order valence-electron chi connectivity index (χ2n) is 6.03. The number of aryl methyl sites for hydroxylation is 1. The van der Waals surface area contributed by atoms with Crippen molar-refractivity contribution in [2.45, 2.75) is 38.8 Å². The van der Waals surface area contributed by atoms with E-state index in [1.165, 1.54) is 0 Å². The summed E-state index contributed by atoms with van der Waals surface area (Å²) in [6, 6.07) is 3.88. The Labute approximate surface area is 132 Å². The highest BCUT2D eigenvalue weighted by Gasteiger charge is 2.32. The zero-order chi connectivity index (χ0) is 16.3. The molecular formula is C17H26N2O3. The van der Waals surface area contributed by atoms with Gasteiger partial charge in [0.25, 0.3) is 0 Å². The van der Waals surface area contributed by atoms with Crippen LogP contribution in [0.15, 0.2) is 12.1 Å². The Bertz CT molecular complexity index is 545. The fraction of sp³-hybridized carbons (Fsp3) is 0.588. The van der Waals surface area contributed by atoms with Gasteiger partial charge >= 0.3 is 0 Å². The van der Waals surface area contributed by atoms with Gasteiger partial charge in [-0.2, -0.15) is 0 Å². The predicted molar refractivity (Wildman–Crippen MR) is 86.1 cm³/mol. The number of nitrogens with zero attached hydrogens (tertiary/aromatic N) is 1. The van der Waals surface area contributed by atoms with Gasteiger partial charge in [0.1, 0.15) is 0 Å². The maximum atomic E-state index is 12.5. The van der Waals surface area contributed by atoms with Crippen LogP contribution in [0.5, 0.6) is 11.5 Å². The van der Waals surface area contributed by atoms with E-state index in [-0.39, 0.29) is 17.9 Å². The van der Waals surface area contributed by atoms with Crippen molar-refractivity contribution < 1.29 is 14.3 Å². The number of methoxy groups -OCH3 is 2. The highest BCUT2D eigenvalue weighted by atomic mass is 16.5. The average molecular weight is 306 g/mol. The van der Waals surface area contributed by atoms with Gasteiger partial charge < -0.3 is 20.1 Å². The molecule has 2 rings (SSSR count). The van der Waals surface area contributed by atoms with Gasteiger partial charge in [-0.05, 0) is 43.0 Å². The van der Waals surface area contributed by atoms with Crippen molar-refractivity contribution in [2.75, 3.05) is 21.3 Å². The zero-order valence-corrected chi connectivity index (χ0v) is 13.9. The minimum absolute atomic E-state index is 0.00134. The quantitative estimate of drug-likeness (QED) is 0.905. The van der Waals surface area contributed by atoms with E-state index in [9.17, 15) is 4.79 Å². The molecule has 1 aromatic rings. The minimum atomic E-state index is -0.0366. The van der Waals surface area contributed by atoms with Crippen LogP contribution in [0.3, 0.4) is 0 Å². The molecule has 0 radical (unpaired) electrons. The first-order chi connectivity index (χ1) is 10.5. The summed E-state index contributed by atoms with van der Waals surface area (Å²) in [5, 5.41) is 0. The first-order valence-electron chi connectivity index (χ1n) is 7.70. The van der Waals surface area contributed by atoms with Crippen LogP contribution in [0.2, 0.25) is 0 Å². The van der Waals surface area contributed by atoms with Gasteiger partial charge in [0.2, 0.25) is 5.91 Å². The Morgan fingerprint density at radius 3 is 2.45 bits per heavy atom. The normalized spacial score (nSPS) is 20.8. The van der Waals surface area contributed by atoms with E-state index in [0.717, 1.165) is 30.4 Å². The molecule has 0 spiro atoms. The van der Waals surface area contributed by atoms with Crippen LogP contribution in [0.1, 0.15) is 30.4 Å². The molecule has 1 aromatic carbocycles. The van der Waals surface area contributed by atoms with Gasteiger partial charge in [-0.15, -0.1) is 0 Å². The molecule has 1 aliphatic rings. The Morgan fingerprint density at radius 1 is 1.27 bits per heavy atom. The summed E-state index contributed by atoms with van der Waals surface area (Å²) >= 11 is 0. The Morgan fingerprint density at radius 2 is 1.91 bits per heavy atom. The van der Waals surface area contributed by atoms with E-state index in [1.54, 1.807) is 19.1 Å². The molecule has 1 saturated carbocycles.